The number of quaternary nitrogens is 1. The van der Waals surface area contributed by atoms with Gasteiger partial charge in [-0.25, -0.2) is 0 Å². The molecule has 0 saturated heterocycles. The number of halogens is 4. The molecular weight excluding hydrogens is 233 g/mol. The van der Waals surface area contributed by atoms with Crippen molar-refractivity contribution in [3.05, 3.63) is 29.3 Å². The lowest BCUT2D eigenvalue weighted by Gasteiger charge is -2.25. The van der Waals surface area contributed by atoms with Gasteiger partial charge in [0.05, 0.1) is 21.1 Å². The summed E-state index contributed by atoms with van der Waals surface area (Å²) >= 11 is 0. The molecule has 0 saturated carbocycles. The summed E-state index contributed by atoms with van der Waals surface area (Å²) in [7, 11) is 0.576. The molecule has 0 N–H and O–H groups in total. The second-order valence-electron chi connectivity index (χ2n) is 4.80. The molecule has 0 aliphatic carbocycles. The molecule has 17 heavy (non-hydrogen) atoms. The predicted molar refractivity (Wildman–Crippen MR) is 65.7 cm³/mol. The van der Waals surface area contributed by atoms with Crippen LogP contribution in [-0.2, 0) is 0 Å². The molecule has 0 bridgehead atoms. The van der Waals surface area contributed by atoms with Crippen LogP contribution in [0.15, 0.2) is 18.2 Å². The molecule has 0 heterocycles. The van der Waals surface area contributed by atoms with E-state index in [2.05, 4.69) is 53.2 Å². The molecule has 0 spiro atoms. The summed E-state index contributed by atoms with van der Waals surface area (Å²) in [6, 6.07) is 6.62. The Balaban J connectivity index is 0.000000437. The molecule has 0 aromatic heterocycles. The fourth-order valence-electron chi connectivity index (χ4n) is 1.56. The van der Waals surface area contributed by atoms with Crippen molar-refractivity contribution in [1.82, 2.24) is 4.48 Å². The summed E-state index contributed by atoms with van der Waals surface area (Å²) in [5, 5.41) is 0. The summed E-state index contributed by atoms with van der Waals surface area (Å²) in [4.78, 5) is 0. The Hall–Kier alpha value is -1.04. The first-order valence-corrected chi connectivity index (χ1v) is 5.18. The van der Waals surface area contributed by atoms with Gasteiger partial charge in [0, 0.05) is 5.56 Å². The van der Waals surface area contributed by atoms with Gasteiger partial charge in [0.1, 0.15) is 5.69 Å². The largest absolute Gasteiger partial charge is 0.673 e. The van der Waals surface area contributed by atoms with Crippen LogP contribution in [0.3, 0.4) is 0 Å². The minimum Gasteiger partial charge on any atom is -0.418 e. The molecule has 0 aliphatic heterocycles. The minimum atomic E-state index is -6.00. The Kier molecular flexibility index (Phi) is 5.20. The van der Waals surface area contributed by atoms with E-state index in [4.69, 9.17) is 0 Å². The van der Waals surface area contributed by atoms with Gasteiger partial charge >= 0.3 is 7.25 Å². The highest BCUT2D eigenvalue weighted by Gasteiger charge is 2.20. The quantitative estimate of drug-likeness (QED) is 0.404. The molecule has 1 rings (SSSR count). The lowest BCUT2D eigenvalue weighted by Crippen LogP contribution is -2.35. The van der Waals surface area contributed by atoms with Crippen molar-refractivity contribution >= 4 is 12.9 Å². The summed E-state index contributed by atoms with van der Waals surface area (Å²) < 4.78 is 39.9. The van der Waals surface area contributed by atoms with E-state index in [1.54, 1.807) is 0 Å². The second kappa shape index (κ2) is 5.53. The van der Waals surface area contributed by atoms with Gasteiger partial charge < -0.3 is 17.3 Å². The van der Waals surface area contributed by atoms with Crippen LogP contribution in [0.5, 0.6) is 0 Å². The van der Waals surface area contributed by atoms with E-state index in [1.165, 1.54) is 16.8 Å². The van der Waals surface area contributed by atoms with Crippen LogP contribution < -0.4 is 4.48 Å². The third kappa shape index (κ3) is 7.79. The maximum absolute atomic E-state index is 9.75. The number of hydrogen-bond donors (Lipinski definition) is 0. The van der Waals surface area contributed by atoms with Crippen molar-refractivity contribution in [3.8, 4) is 0 Å². The molecule has 0 fully saturated rings. The molecule has 98 valence electrons. The first kappa shape index (κ1) is 16.0. The zero-order valence-corrected chi connectivity index (χ0v) is 10.8. The smallest absolute Gasteiger partial charge is 0.418 e. The Morgan fingerprint density at radius 3 is 1.65 bits per heavy atom. The molecule has 1 nitrogen and oxygen atoms in total. The average Bonchev–Trinajstić information content (AvgIpc) is 1.96. The van der Waals surface area contributed by atoms with Gasteiger partial charge in [-0.1, -0.05) is 17.7 Å². The van der Waals surface area contributed by atoms with Crippen molar-refractivity contribution in [2.24, 2.45) is 0 Å². The maximum atomic E-state index is 9.75. The van der Waals surface area contributed by atoms with Gasteiger partial charge in [-0.3, -0.25) is 4.48 Å². The SMILES string of the molecule is Cc1ccc([N+](C)(C)C)c(C)c1.F[B-](F)(F)F. The second-order valence-corrected chi connectivity index (χ2v) is 4.80. The normalized spacial score (nSPS) is 11.8. The summed E-state index contributed by atoms with van der Waals surface area (Å²) in [5.74, 6) is 0. The molecular formula is C11H18BF4N. The summed E-state index contributed by atoms with van der Waals surface area (Å²) in [6.07, 6.45) is 0. The van der Waals surface area contributed by atoms with Crippen molar-refractivity contribution in [2.75, 3.05) is 21.1 Å². The number of benzene rings is 1. The van der Waals surface area contributed by atoms with Gasteiger partial charge in [-0.2, -0.15) is 0 Å². The van der Waals surface area contributed by atoms with Gasteiger partial charge in [0.2, 0.25) is 0 Å². The molecule has 0 aliphatic rings. The summed E-state index contributed by atoms with van der Waals surface area (Å²) in [5.41, 5.74) is 4.10. The van der Waals surface area contributed by atoms with E-state index in [0.29, 0.717) is 0 Å². The fraction of sp³-hybridized carbons (Fsp3) is 0.455. The zero-order valence-electron chi connectivity index (χ0n) is 10.8. The molecule has 0 unspecified atom stereocenters. The van der Waals surface area contributed by atoms with E-state index < -0.39 is 7.25 Å². The highest BCUT2D eigenvalue weighted by atomic mass is 19.5. The average molecular weight is 251 g/mol. The lowest BCUT2D eigenvalue weighted by atomic mass is 10.1. The number of aryl methyl sites for hydroxylation is 2. The van der Waals surface area contributed by atoms with Crippen molar-refractivity contribution in [3.63, 3.8) is 0 Å². The Morgan fingerprint density at radius 1 is 0.941 bits per heavy atom. The van der Waals surface area contributed by atoms with Crippen LogP contribution in [0.25, 0.3) is 0 Å². The maximum Gasteiger partial charge on any atom is 0.673 e. The Morgan fingerprint density at radius 2 is 1.35 bits per heavy atom. The van der Waals surface area contributed by atoms with Gasteiger partial charge in [0.25, 0.3) is 0 Å². The van der Waals surface area contributed by atoms with E-state index in [1.807, 2.05) is 0 Å². The van der Waals surface area contributed by atoms with Crippen molar-refractivity contribution < 1.29 is 17.3 Å². The first-order valence-electron chi connectivity index (χ1n) is 5.18. The van der Waals surface area contributed by atoms with Gasteiger partial charge in [-0.05, 0) is 19.9 Å². The first-order chi connectivity index (χ1) is 7.41. The fourth-order valence-corrected chi connectivity index (χ4v) is 1.56. The van der Waals surface area contributed by atoms with Crippen molar-refractivity contribution in [2.45, 2.75) is 13.8 Å². The lowest BCUT2D eigenvalue weighted by molar-refractivity contribution is 0.368. The third-order valence-electron chi connectivity index (χ3n) is 2.08. The van der Waals surface area contributed by atoms with Gasteiger partial charge in [-0.15, -0.1) is 0 Å². The number of nitrogens with zero attached hydrogens (tertiary/aromatic N) is 1. The summed E-state index contributed by atoms with van der Waals surface area (Å²) in [6.45, 7) is 4.30. The number of hydrogen-bond acceptors (Lipinski definition) is 0. The van der Waals surface area contributed by atoms with Crippen LogP contribution >= 0.6 is 0 Å². The van der Waals surface area contributed by atoms with Crippen LogP contribution in [0.4, 0.5) is 23.0 Å². The third-order valence-corrected chi connectivity index (χ3v) is 2.08. The van der Waals surface area contributed by atoms with Crippen molar-refractivity contribution in [1.29, 1.82) is 0 Å². The van der Waals surface area contributed by atoms with Gasteiger partial charge in [0.15, 0.2) is 0 Å². The minimum absolute atomic E-state index is 0.895. The van der Waals surface area contributed by atoms with E-state index in [-0.39, 0.29) is 0 Å². The Labute approximate surface area is 99.7 Å². The molecule has 0 amide bonds. The molecule has 0 radical (unpaired) electrons. The monoisotopic (exact) mass is 251 g/mol. The van der Waals surface area contributed by atoms with Crippen LogP contribution in [0.1, 0.15) is 11.1 Å². The topological polar surface area (TPSA) is 0 Å². The molecule has 0 atom stereocenters. The van der Waals surface area contributed by atoms with Crippen LogP contribution in [-0.4, -0.2) is 28.4 Å². The highest BCUT2D eigenvalue weighted by molar-refractivity contribution is 6.50. The number of rotatable bonds is 1. The highest BCUT2D eigenvalue weighted by Crippen LogP contribution is 2.22. The van der Waals surface area contributed by atoms with E-state index >= 15 is 0 Å². The van der Waals surface area contributed by atoms with Crippen LogP contribution in [0, 0.1) is 13.8 Å². The van der Waals surface area contributed by atoms with Crippen LogP contribution in [0.2, 0.25) is 0 Å². The van der Waals surface area contributed by atoms with E-state index in [9.17, 15) is 17.3 Å². The molecule has 1 aromatic rings. The Bertz CT molecular complexity index is 363. The molecule has 1 aromatic carbocycles. The predicted octanol–water partition coefficient (Wildman–Crippen LogP) is 3.80. The standard InChI is InChI=1S/C11H18N.BF4/c1-9-6-7-11(10(2)8-9)12(3,4)5;2-1(3,4)5/h6-8H,1-5H3;/q+1;-1. The van der Waals surface area contributed by atoms with E-state index in [0.717, 1.165) is 4.48 Å². The zero-order chi connectivity index (χ0) is 13.9. The molecule has 6 heteroatoms.